The van der Waals surface area contributed by atoms with Crippen LogP contribution in [0.3, 0.4) is 0 Å². The Hall–Kier alpha value is -1.45. The van der Waals surface area contributed by atoms with Gasteiger partial charge in [-0.1, -0.05) is 0 Å². The first kappa shape index (κ1) is 16.4. The number of sulfonamides is 1. The van der Waals surface area contributed by atoms with E-state index < -0.39 is 28.1 Å². The van der Waals surface area contributed by atoms with Gasteiger partial charge in [-0.3, -0.25) is 9.69 Å². The van der Waals surface area contributed by atoms with Crippen molar-refractivity contribution in [3.05, 3.63) is 17.9 Å². The second kappa shape index (κ2) is 6.21. The van der Waals surface area contributed by atoms with Crippen molar-refractivity contribution in [2.75, 3.05) is 19.6 Å². The fourth-order valence-electron chi connectivity index (χ4n) is 3.16. The fraction of sp³-hybridized carbons (Fsp3) is 0.643. The summed E-state index contributed by atoms with van der Waals surface area (Å²) in [6.07, 6.45) is 0.641. The van der Waals surface area contributed by atoms with Gasteiger partial charge in [0.15, 0.2) is 0 Å². The maximum atomic E-state index is 13.5. The number of furan rings is 1. The van der Waals surface area contributed by atoms with Gasteiger partial charge >= 0.3 is 0 Å². The molecule has 0 spiro atoms. The predicted molar refractivity (Wildman–Crippen MR) is 79.6 cm³/mol. The summed E-state index contributed by atoms with van der Waals surface area (Å²) in [6, 6.07) is 2.27. The first-order valence-electron chi connectivity index (χ1n) is 7.64. The molecule has 3 heterocycles. The average molecular weight is 345 g/mol. The summed E-state index contributed by atoms with van der Waals surface area (Å²) in [5, 5.41) is -0.110. The molecular formula is C14H20FN3O4S. The Kier molecular flexibility index (Phi) is 4.43. The van der Waals surface area contributed by atoms with Crippen LogP contribution in [0, 0.1) is 0 Å². The molecule has 1 aromatic heterocycles. The smallest absolute Gasteiger partial charge is 0.276 e. The number of alkyl halides is 1. The lowest BCUT2D eigenvalue weighted by Crippen LogP contribution is -2.39. The molecule has 2 aliphatic heterocycles. The molecule has 2 N–H and O–H groups in total. The maximum Gasteiger partial charge on any atom is 0.276 e. The lowest BCUT2D eigenvalue weighted by atomic mass is 10.2. The fourth-order valence-corrected chi connectivity index (χ4v) is 4.60. The van der Waals surface area contributed by atoms with E-state index in [0.717, 1.165) is 12.8 Å². The maximum absolute atomic E-state index is 13.5. The van der Waals surface area contributed by atoms with Crippen LogP contribution in [-0.4, -0.2) is 55.4 Å². The quantitative estimate of drug-likeness (QED) is 0.836. The van der Waals surface area contributed by atoms with Crippen LogP contribution < -0.4 is 5.73 Å². The molecular weight excluding hydrogens is 325 g/mol. The molecule has 0 aliphatic carbocycles. The van der Waals surface area contributed by atoms with Gasteiger partial charge in [0.05, 0.1) is 12.6 Å². The molecule has 1 amide bonds. The number of carbonyl (C=O) groups is 1. The summed E-state index contributed by atoms with van der Waals surface area (Å²) < 4.78 is 45.1. The van der Waals surface area contributed by atoms with E-state index in [1.54, 1.807) is 11.0 Å². The van der Waals surface area contributed by atoms with E-state index in [1.165, 1.54) is 10.4 Å². The Morgan fingerprint density at radius 3 is 2.70 bits per heavy atom. The number of primary amides is 1. The Morgan fingerprint density at radius 2 is 2.04 bits per heavy atom. The van der Waals surface area contributed by atoms with Crippen LogP contribution in [0.25, 0.3) is 0 Å². The van der Waals surface area contributed by atoms with Gasteiger partial charge in [-0.25, -0.2) is 12.8 Å². The number of carbonyl (C=O) groups excluding carboxylic acids is 1. The second-order valence-corrected chi connectivity index (χ2v) is 7.88. The molecule has 1 aromatic rings. The molecule has 0 bridgehead atoms. The summed E-state index contributed by atoms with van der Waals surface area (Å²) in [5.41, 5.74) is 5.28. The van der Waals surface area contributed by atoms with Crippen LogP contribution in [0.4, 0.5) is 4.39 Å². The number of likely N-dealkylation sites (tertiary alicyclic amines) is 1. The molecule has 2 fully saturated rings. The summed E-state index contributed by atoms with van der Waals surface area (Å²) in [7, 11) is -3.61. The zero-order valence-corrected chi connectivity index (χ0v) is 13.5. The minimum atomic E-state index is -3.61. The monoisotopic (exact) mass is 345 g/mol. The van der Waals surface area contributed by atoms with Crippen molar-refractivity contribution in [1.29, 1.82) is 0 Å². The molecule has 0 saturated carbocycles. The molecule has 128 valence electrons. The number of halogens is 1. The Balaban J connectivity index is 1.73. The van der Waals surface area contributed by atoms with Crippen LogP contribution in [0.5, 0.6) is 0 Å². The molecule has 9 heteroatoms. The minimum Gasteiger partial charge on any atom is -0.447 e. The van der Waals surface area contributed by atoms with Gasteiger partial charge in [0, 0.05) is 26.1 Å². The number of nitrogens with two attached hydrogens (primary N) is 1. The van der Waals surface area contributed by atoms with Gasteiger partial charge in [-0.15, -0.1) is 0 Å². The zero-order valence-electron chi connectivity index (χ0n) is 12.7. The highest BCUT2D eigenvalue weighted by Gasteiger charge is 2.36. The van der Waals surface area contributed by atoms with Gasteiger partial charge in [-0.05, 0) is 25.0 Å². The first-order chi connectivity index (χ1) is 10.9. The first-order valence-corrected chi connectivity index (χ1v) is 9.08. The van der Waals surface area contributed by atoms with E-state index >= 15 is 0 Å². The van der Waals surface area contributed by atoms with E-state index in [4.69, 9.17) is 10.2 Å². The van der Waals surface area contributed by atoms with Crippen LogP contribution in [-0.2, 0) is 21.4 Å². The van der Waals surface area contributed by atoms with Gasteiger partial charge in [0.2, 0.25) is 11.0 Å². The Bertz CT molecular complexity index is 684. The number of nitrogens with zero attached hydrogens (tertiary/aromatic N) is 2. The highest BCUT2D eigenvalue weighted by atomic mass is 32.2. The van der Waals surface area contributed by atoms with Crippen LogP contribution in [0.1, 0.15) is 25.0 Å². The van der Waals surface area contributed by atoms with Crippen LogP contribution >= 0.6 is 0 Å². The molecule has 23 heavy (non-hydrogen) atoms. The molecule has 3 rings (SSSR count). The van der Waals surface area contributed by atoms with Crippen LogP contribution in [0.15, 0.2) is 21.6 Å². The number of amides is 1. The zero-order chi connectivity index (χ0) is 16.6. The summed E-state index contributed by atoms with van der Waals surface area (Å²) >= 11 is 0. The van der Waals surface area contributed by atoms with Crippen molar-refractivity contribution in [3.8, 4) is 0 Å². The topological polar surface area (TPSA) is 96.8 Å². The summed E-state index contributed by atoms with van der Waals surface area (Å²) in [6.45, 7) is 1.24. The van der Waals surface area contributed by atoms with E-state index in [2.05, 4.69) is 0 Å². The normalized spacial score (nSPS) is 26.8. The highest BCUT2D eigenvalue weighted by Crippen LogP contribution is 2.26. The van der Waals surface area contributed by atoms with Crippen molar-refractivity contribution < 1.29 is 22.0 Å². The third-order valence-corrected chi connectivity index (χ3v) is 6.11. The van der Waals surface area contributed by atoms with Crippen molar-refractivity contribution >= 4 is 15.9 Å². The number of rotatable bonds is 5. The minimum absolute atomic E-state index is 0.0645. The number of hydrogen-bond acceptors (Lipinski definition) is 5. The van der Waals surface area contributed by atoms with Crippen molar-refractivity contribution in [1.82, 2.24) is 9.21 Å². The van der Waals surface area contributed by atoms with Crippen molar-refractivity contribution in [3.63, 3.8) is 0 Å². The lowest BCUT2D eigenvalue weighted by molar-refractivity contribution is -0.122. The van der Waals surface area contributed by atoms with E-state index in [1.807, 2.05) is 0 Å². The Morgan fingerprint density at radius 1 is 1.35 bits per heavy atom. The molecule has 0 unspecified atom stereocenters. The molecule has 2 saturated heterocycles. The predicted octanol–water partition coefficient (Wildman–Crippen LogP) is 0.462. The van der Waals surface area contributed by atoms with Gasteiger partial charge in [0.25, 0.3) is 10.0 Å². The third kappa shape index (κ3) is 3.26. The molecule has 0 radical (unpaired) electrons. The Labute approximate surface area is 134 Å². The van der Waals surface area contributed by atoms with E-state index in [9.17, 15) is 17.6 Å². The van der Waals surface area contributed by atoms with Crippen molar-refractivity contribution in [2.24, 2.45) is 5.73 Å². The average Bonchev–Trinajstić information content (AvgIpc) is 3.19. The van der Waals surface area contributed by atoms with E-state index in [-0.39, 0.29) is 24.6 Å². The van der Waals surface area contributed by atoms with Crippen LogP contribution in [0.2, 0.25) is 0 Å². The lowest BCUT2D eigenvalue weighted by Gasteiger charge is -2.19. The molecule has 7 nitrogen and oxygen atoms in total. The second-order valence-electron chi connectivity index (χ2n) is 6.01. The SMILES string of the molecule is NC(=O)[C@@H]1C[C@@H](F)CN1Cc1ccc(S(=O)(=O)N2CCCC2)o1. The molecule has 2 atom stereocenters. The molecule has 0 aromatic carbocycles. The third-order valence-electron chi connectivity index (χ3n) is 4.34. The summed E-state index contributed by atoms with van der Waals surface area (Å²) in [4.78, 5) is 12.9. The van der Waals surface area contributed by atoms with Gasteiger partial charge in [0.1, 0.15) is 11.9 Å². The largest absolute Gasteiger partial charge is 0.447 e. The molecule has 2 aliphatic rings. The van der Waals surface area contributed by atoms with Gasteiger partial charge < -0.3 is 10.2 Å². The standard InChI is InChI=1S/C14H20FN3O4S/c15-10-7-12(14(16)19)17(8-10)9-11-3-4-13(22-11)23(20,21)18-5-1-2-6-18/h3-4,10,12H,1-2,5-9H2,(H2,16,19)/t10-,12+/m1/s1. The van der Waals surface area contributed by atoms with Gasteiger partial charge in [-0.2, -0.15) is 4.31 Å². The van der Waals surface area contributed by atoms with E-state index in [0.29, 0.717) is 18.8 Å². The van der Waals surface area contributed by atoms with Crippen molar-refractivity contribution in [2.45, 2.75) is 43.1 Å². The summed E-state index contributed by atoms with van der Waals surface area (Å²) in [5.74, 6) is -0.204. The highest BCUT2D eigenvalue weighted by molar-refractivity contribution is 7.89. The number of hydrogen-bond donors (Lipinski definition) is 1.